The maximum atomic E-state index is 12.6. The van der Waals surface area contributed by atoms with Crippen molar-refractivity contribution in [2.45, 2.75) is 23.1 Å². The molecule has 0 saturated carbocycles. The first kappa shape index (κ1) is 19.6. The highest BCUT2D eigenvalue weighted by atomic mass is 32.2. The van der Waals surface area contributed by atoms with Gasteiger partial charge < -0.3 is 10.2 Å². The van der Waals surface area contributed by atoms with Crippen LogP contribution >= 0.6 is 11.3 Å². The van der Waals surface area contributed by atoms with Crippen LogP contribution in [0.4, 0.5) is 10.5 Å². The summed E-state index contributed by atoms with van der Waals surface area (Å²) in [6, 6.07) is 12.2. The summed E-state index contributed by atoms with van der Waals surface area (Å²) in [5.41, 5.74) is 1.54. The molecule has 2 aromatic heterocycles. The van der Waals surface area contributed by atoms with E-state index in [4.69, 9.17) is 0 Å². The smallest absolute Gasteiger partial charge is 0.321 e. The predicted molar refractivity (Wildman–Crippen MR) is 112 cm³/mol. The molecule has 3 aromatic rings. The molecule has 0 aliphatic carbocycles. The number of hydrogen-bond acceptors (Lipinski definition) is 5. The highest BCUT2D eigenvalue weighted by Gasteiger charge is 2.27. The van der Waals surface area contributed by atoms with Crippen LogP contribution < -0.4 is 10.0 Å². The molecule has 0 spiro atoms. The zero-order chi connectivity index (χ0) is 20.3. The molecule has 8 nitrogen and oxygen atoms in total. The van der Waals surface area contributed by atoms with E-state index >= 15 is 0 Å². The molecule has 10 heteroatoms. The SMILES string of the molecule is O=C(Nc1cccc(-n2cccn2)c1)N1CCC(NS(=O)(=O)c2cccs2)CC1. The van der Waals surface area contributed by atoms with Gasteiger partial charge in [0.2, 0.25) is 10.0 Å². The van der Waals surface area contributed by atoms with Gasteiger partial charge in [-0.1, -0.05) is 12.1 Å². The van der Waals surface area contributed by atoms with Crippen LogP contribution in [0.5, 0.6) is 0 Å². The average Bonchev–Trinajstić information content (AvgIpc) is 3.43. The number of anilines is 1. The fraction of sp³-hybridized carbons (Fsp3) is 0.263. The molecular formula is C19H21N5O3S2. The number of aromatic nitrogens is 2. The van der Waals surface area contributed by atoms with Crippen molar-refractivity contribution in [2.75, 3.05) is 18.4 Å². The molecule has 0 bridgehead atoms. The minimum absolute atomic E-state index is 0.172. The fourth-order valence-electron chi connectivity index (χ4n) is 3.24. The van der Waals surface area contributed by atoms with Crippen LogP contribution in [0.15, 0.2) is 64.4 Å². The van der Waals surface area contributed by atoms with E-state index in [1.54, 1.807) is 33.3 Å². The molecule has 1 aromatic carbocycles. The highest BCUT2D eigenvalue weighted by molar-refractivity contribution is 7.91. The number of nitrogens with zero attached hydrogens (tertiary/aromatic N) is 3. The Balaban J connectivity index is 1.32. The zero-order valence-electron chi connectivity index (χ0n) is 15.6. The summed E-state index contributed by atoms with van der Waals surface area (Å²) in [4.78, 5) is 14.3. The Bertz CT molecular complexity index is 1060. The summed E-state index contributed by atoms with van der Waals surface area (Å²) >= 11 is 1.19. The first-order valence-electron chi connectivity index (χ1n) is 9.23. The van der Waals surface area contributed by atoms with E-state index in [-0.39, 0.29) is 12.1 Å². The van der Waals surface area contributed by atoms with Gasteiger partial charge in [0.25, 0.3) is 0 Å². The van der Waals surface area contributed by atoms with Gasteiger partial charge in [-0.3, -0.25) is 0 Å². The van der Waals surface area contributed by atoms with E-state index in [1.807, 2.05) is 36.5 Å². The molecule has 29 heavy (non-hydrogen) atoms. The summed E-state index contributed by atoms with van der Waals surface area (Å²) in [7, 11) is -3.49. The van der Waals surface area contributed by atoms with Crippen molar-refractivity contribution in [1.29, 1.82) is 0 Å². The van der Waals surface area contributed by atoms with Gasteiger partial charge in [0.05, 0.1) is 5.69 Å². The van der Waals surface area contributed by atoms with Gasteiger partial charge in [0, 0.05) is 37.2 Å². The van der Waals surface area contributed by atoms with Crippen LogP contribution in [0.2, 0.25) is 0 Å². The average molecular weight is 432 g/mol. The Morgan fingerprint density at radius 2 is 1.97 bits per heavy atom. The molecule has 4 rings (SSSR count). The Labute approximate surface area is 173 Å². The number of nitrogens with one attached hydrogen (secondary N) is 2. The molecule has 2 N–H and O–H groups in total. The number of thiophene rings is 1. The first-order valence-corrected chi connectivity index (χ1v) is 11.6. The maximum Gasteiger partial charge on any atom is 0.321 e. The number of hydrogen-bond donors (Lipinski definition) is 2. The Morgan fingerprint density at radius 3 is 2.66 bits per heavy atom. The predicted octanol–water partition coefficient (Wildman–Crippen LogP) is 2.91. The number of carbonyl (C=O) groups is 1. The van der Waals surface area contributed by atoms with E-state index in [0.29, 0.717) is 35.8 Å². The number of amides is 2. The number of piperidine rings is 1. The largest absolute Gasteiger partial charge is 0.324 e. The minimum atomic E-state index is -3.49. The van der Waals surface area contributed by atoms with E-state index in [9.17, 15) is 13.2 Å². The summed E-state index contributed by atoms with van der Waals surface area (Å²) < 4.78 is 29.5. The first-order chi connectivity index (χ1) is 14.0. The molecular weight excluding hydrogens is 410 g/mol. The summed E-state index contributed by atoms with van der Waals surface area (Å²) in [5, 5.41) is 8.84. The molecule has 152 valence electrons. The topological polar surface area (TPSA) is 96.3 Å². The number of carbonyl (C=O) groups excluding carboxylic acids is 1. The van der Waals surface area contributed by atoms with Crippen LogP contribution in [0.1, 0.15) is 12.8 Å². The zero-order valence-corrected chi connectivity index (χ0v) is 17.2. The molecule has 1 saturated heterocycles. The molecule has 2 amide bonds. The van der Waals surface area contributed by atoms with Gasteiger partial charge in [0.1, 0.15) is 4.21 Å². The van der Waals surface area contributed by atoms with Gasteiger partial charge in [-0.25, -0.2) is 22.6 Å². The van der Waals surface area contributed by atoms with Crippen LogP contribution in [0, 0.1) is 0 Å². The number of sulfonamides is 1. The fourth-order valence-corrected chi connectivity index (χ4v) is 5.56. The van der Waals surface area contributed by atoms with E-state index in [0.717, 1.165) is 5.69 Å². The van der Waals surface area contributed by atoms with Crippen molar-refractivity contribution < 1.29 is 13.2 Å². The van der Waals surface area contributed by atoms with Crippen LogP contribution in [-0.4, -0.2) is 48.3 Å². The van der Waals surface area contributed by atoms with Crippen molar-refractivity contribution in [3.05, 3.63) is 60.2 Å². The van der Waals surface area contributed by atoms with Gasteiger partial charge in [-0.05, 0) is 48.6 Å². The summed E-state index contributed by atoms with van der Waals surface area (Å²) in [6.45, 7) is 0.977. The lowest BCUT2D eigenvalue weighted by Gasteiger charge is -2.32. The standard InChI is InChI=1S/C19H21N5O3S2/c25-19(21-16-4-1-5-17(14-16)24-10-3-9-20-24)23-11-7-15(8-12-23)22-29(26,27)18-6-2-13-28-18/h1-6,9-10,13-15,22H,7-8,11-12H2,(H,21,25). The number of urea groups is 1. The molecule has 1 fully saturated rings. The van der Waals surface area contributed by atoms with Crippen molar-refractivity contribution >= 4 is 33.1 Å². The van der Waals surface area contributed by atoms with Gasteiger partial charge in [-0.15, -0.1) is 11.3 Å². The number of likely N-dealkylation sites (tertiary alicyclic amines) is 1. The molecule has 0 radical (unpaired) electrons. The molecule has 1 aliphatic heterocycles. The van der Waals surface area contributed by atoms with Gasteiger partial charge in [-0.2, -0.15) is 5.10 Å². The lowest BCUT2D eigenvalue weighted by Crippen LogP contribution is -2.47. The number of benzene rings is 1. The van der Waals surface area contributed by atoms with E-state index < -0.39 is 10.0 Å². The van der Waals surface area contributed by atoms with Crippen molar-refractivity contribution in [3.8, 4) is 5.69 Å². The molecule has 0 unspecified atom stereocenters. The quantitative estimate of drug-likeness (QED) is 0.649. The van der Waals surface area contributed by atoms with E-state index in [2.05, 4.69) is 15.1 Å². The lowest BCUT2D eigenvalue weighted by atomic mass is 10.1. The lowest BCUT2D eigenvalue weighted by molar-refractivity contribution is 0.193. The highest BCUT2D eigenvalue weighted by Crippen LogP contribution is 2.20. The third-order valence-electron chi connectivity index (χ3n) is 4.73. The molecule has 3 heterocycles. The Kier molecular flexibility index (Phi) is 5.65. The minimum Gasteiger partial charge on any atom is -0.324 e. The molecule has 0 atom stereocenters. The van der Waals surface area contributed by atoms with Gasteiger partial charge >= 0.3 is 6.03 Å². The second-order valence-corrected chi connectivity index (χ2v) is 9.63. The third-order valence-corrected chi connectivity index (χ3v) is 7.65. The Morgan fingerprint density at radius 1 is 1.14 bits per heavy atom. The van der Waals surface area contributed by atoms with Crippen molar-refractivity contribution in [1.82, 2.24) is 19.4 Å². The van der Waals surface area contributed by atoms with Crippen LogP contribution in [0.3, 0.4) is 0 Å². The number of rotatable bonds is 5. The third kappa shape index (κ3) is 4.66. The second-order valence-electron chi connectivity index (χ2n) is 6.75. The van der Waals surface area contributed by atoms with Crippen molar-refractivity contribution in [3.63, 3.8) is 0 Å². The Hall–Kier alpha value is -2.69. The van der Waals surface area contributed by atoms with Crippen molar-refractivity contribution in [2.24, 2.45) is 0 Å². The van der Waals surface area contributed by atoms with Crippen LogP contribution in [0.25, 0.3) is 5.69 Å². The van der Waals surface area contributed by atoms with E-state index in [1.165, 1.54) is 11.3 Å². The monoisotopic (exact) mass is 431 g/mol. The maximum absolute atomic E-state index is 12.6. The molecule has 1 aliphatic rings. The normalized spacial score (nSPS) is 15.4. The summed E-state index contributed by atoms with van der Waals surface area (Å²) in [6.07, 6.45) is 4.68. The van der Waals surface area contributed by atoms with Crippen LogP contribution in [-0.2, 0) is 10.0 Å². The second kappa shape index (κ2) is 8.36. The summed E-state index contributed by atoms with van der Waals surface area (Å²) in [5.74, 6) is 0. The van der Waals surface area contributed by atoms with Gasteiger partial charge in [0.15, 0.2) is 0 Å².